The summed E-state index contributed by atoms with van der Waals surface area (Å²) in [4.78, 5) is 21.7. The van der Waals surface area contributed by atoms with Gasteiger partial charge in [-0.1, -0.05) is 0 Å². The number of thiophene rings is 1. The normalized spacial score (nSPS) is 10.2. The van der Waals surface area contributed by atoms with E-state index >= 15 is 0 Å². The minimum Gasteiger partial charge on any atom is -0.383 e. The van der Waals surface area contributed by atoms with Crippen molar-refractivity contribution in [2.24, 2.45) is 0 Å². The Bertz CT molecular complexity index is 433. The molecule has 0 spiro atoms. The Morgan fingerprint density at radius 3 is 2.53 bits per heavy atom. The molecule has 0 unspecified atom stereocenters. The average molecular weight is 261 g/mol. The Labute approximate surface area is 101 Å². The lowest BCUT2D eigenvalue weighted by atomic mass is 10.4. The van der Waals surface area contributed by atoms with Gasteiger partial charge >= 0.3 is 10.7 Å². The number of hydrogen-bond donors (Lipinski definition) is 0. The van der Waals surface area contributed by atoms with E-state index in [1.807, 2.05) is 0 Å². The monoisotopic (exact) mass is 261 g/mol. The van der Waals surface area contributed by atoms with Crippen LogP contribution in [0.15, 0.2) is 6.07 Å². The highest BCUT2D eigenvalue weighted by atomic mass is 32.1. The second-order valence-corrected chi connectivity index (χ2v) is 4.21. The van der Waals surface area contributed by atoms with Gasteiger partial charge in [-0.25, -0.2) is 0 Å². The van der Waals surface area contributed by atoms with Gasteiger partial charge in [0.05, 0.1) is 16.5 Å². The van der Waals surface area contributed by atoms with E-state index in [9.17, 15) is 20.2 Å². The summed E-state index contributed by atoms with van der Waals surface area (Å²) in [5.41, 5.74) is -0.250. The first-order chi connectivity index (χ1) is 7.97. The number of hydrogen-bond acceptors (Lipinski definition) is 7. The molecule has 0 aromatic carbocycles. The lowest BCUT2D eigenvalue weighted by Gasteiger charge is -2.14. The summed E-state index contributed by atoms with van der Waals surface area (Å²) in [6, 6.07) is 0.975. The van der Waals surface area contributed by atoms with Crippen molar-refractivity contribution in [3.63, 3.8) is 0 Å². The first-order valence-electron chi connectivity index (χ1n) is 4.60. The van der Waals surface area contributed by atoms with Gasteiger partial charge < -0.3 is 9.64 Å². The molecule has 0 aliphatic carbocycles. The van der Waals surface area contributed by atoms with Crippen LogP contribution in [0.25, 0.3) is 0 Å². The highest BCUT2D eigenvalue weighted by Crippen LogP contribution is 2.40. The highest BCUT2D eigenvalue weighted by Gasteiger charge is 2.27. The molecule has 0 radical (unpaired) electrons. The van der Waals surface area contributed by atoms with Gasteiger partial charge in [0.25, 0.3) is 0 Å². The molecule has 8 nitrogen and oxygen atoms in total. The van der Waals surface area contributed by atoms with Gasteiger partial charge in [0, 0.05) is 20.7 Å². The number of ether oxygens (including phenoxy) is 1. The second-order valence-electron chi connectivity index (χ2n) is 3.20. The SMILES string of the molecule is COCCN(C)c1sc([N+](=O)[O-])cc1[N+](=O)[O-]. The Morgan fingerprint density at radius 1 is 1.41 bits per heavy atom. The third kappa shape index (κ3) is 3.11. The molecule has 0 atom stereocenters. The zero-order chi connectivity index (χ0) is 13.0. The van der Waals surface area contributed by atoms with Gasteiger partial charge in [-0.3, -0.25) is 20.2 Å². The number of rotatable bonds is 6. The van der Waals surface area contributed by atoms with Crippen molar-refractivity contribution in [2.45, 2.75) is 0 Å². The van der Waals surface area contributed by atoms with Crippen molar-refractivity contribution < 1.29 is 14.6 Å². The molecule has 1 aromatic rings. The maximum Gasteiger partial charge on any atom is 0.333 e. The fraction of sp³-hybridized carbons (Fsp3) is 0.500. The smallest absolute Gasteiger partial charge is 0.333 e. The van der Waals surface area contributed by atoms with Crippen molar-refractivity contribution in [3.05, 3.63) is 26.3 Å². The van der Waals surface area contributed by atoms with Gasteiger partial charge in [0.1, 0.15) is 6.07 Å². The molecule has 0 saturated heterocycles. The molecule has 0 amide bonds. The molecule has 0 aliphatic heterocycles. The Hall–Kier alpha value is -1.74. The predicted octanol–water partition coefficient (Wildman–Crippen LogP) is 1.65. The van der Waals surface area contributed by atoms with Crippen LogP contribution in [0.5, 0.6) is 0 Å². The summed E-state index contributed by atoms with van der Waals surface area (Å²) in [6.45, 7) is 0.814. The van der Waals surface area contributed by atoms with E-state index in [1.54, 1.807) is 11.9 Å². The lowest BCUT2D eigenvalue weighted by Crippen LogP contribution is -2.21. The minimum atomic E-state index is -0.634. The van der Waals surface area contributed by atoms with Crippen LogP contribution in [0.4, 0.5) is 15.7 Å². The van der Waals surface area contributed by atoms with Crippen molar-refractivity contribution in [2.75, 3.05) is 32.2 Å². The van der Waals surface area contributed by atoms with Crippen LogP contribution in [0, 0.1) is 20.2 Å². The predicted molar refractivity (Wildman–Crippen MR) is 62.8 cm³/mol. The van der Waals surface area contributed by atoms with Gasteiger partial charge in [0.2, 0.25) is 0 Å². The van der Waals surface area contributed by atoms with E-state index in [-0.39, 0.29) is 15.7 Å². The first kappa shape index (κ1) is 13.3. The molecule has 0 saturated carbocycles. The molecule has 0 bridgehead atoms. The molecule has 1 aromatic heterocycles. The zero-order valence-electron chi connectivity index (χ0n) is 9.28. The number of methoxy groups -OCH3 is 1. The van der Waals surface area contributed by atoms with Crippen LogP contribution in [0.3, 0.4) is 0 Å². The Kier molecular flexibility index (Phi) is 4.35. The van der Waals surface area contributed by atoms with E-state index in [0.717, 1.165) is 17.4 Å². The number of likely N-dealkylation sites (N-methyl/N-ethyl adjacent to an activating group) is 1. The summed E-state index contributed by atoms with van der Waals surface area (Å²) >= 11 is 0.784. The van der Waals surface area contributed by atoms with Gasteiger partial charge in [-0.15, -0.1) is 0 Å². The molecular formula is C8H11N3O5S. The molecule has 17 heavy (non-hydrogen) atoms. The quantitative estimate of drug-likeness (QED) is 0.570. The van der Waals surface area contributed by atoms with E-state index in [1.165, 1.54) is 7.11 Å². The van der Waals surface area contributed by atoms with E-state index in [0.29, 0.717) is 13.2 Å². The van der Waals surface area contributed by atoms with Crippen LogP contribution < -0.4 is 4.90 Å². The fourth-order valence-corrected chi connectivity index (χ4v) is 2.11. The van der Waals surface area contributed by atoms with Gasteiger partial charge in [-0.2, -0.15) is 0 Å². The van der Waals surface area contributed by atoms with Crippen molar-refractivity contribution in [1.29, 1.82) is 0 Å². The summed E-state index contributed by atoms with van der Waals surface area (Å²) < 4.78 is 4.85. The van der Waals surface area contributed by atoms with E-state index in [2.05, 4.69) is 0 Å². The number of nitro groups is 2. The second kappa shape index (κ2) is 5.55. The number of nitrogens with zero attached hydrogens (tertiary/aromatic N) is 3. The Balaban J connectivity index is 3.03. The number of anilines is 1. The van der Waals surface area contributed by atoms with E-state index < -0.39 is 9.85 Å². The van der Waals surface area contributed by atoms with Gasteiger partial charge in [0.15, 0.2) is 5.00 Å². The Morgan fingerprint density at radius 2 is 2.06 bits per heavy atom. The molecule has 1 heterocycles. The summed E-state index contributed by atoms with van der Waals surface area (Å²) in [5, 5.41) is 21.4. The third-order valence-corrected chi connectivity index (χ3v) is 3.22. The average Bonchev–Trinajstić information content (AvgIpc) is 2.70. The maximum atomic E-state index is 10.8. The molecule has 0 fully saturated rings. The molecule has 1 rings (SSSR count). The summed E-state index contributed by atoms with van der Waals surface area (Å²) in [5.74, 6) is 0. The largest absolute Gasteiger partial charge is 0.383 e. The van der Waals surface area contributed by atoms with Crippen LogP contribution in [-0.2, 0) is 4.74 Å². The van der Waals surface area contributed by atoms with Gasteiger partial charge in [-0.05, 0) is 11.3 Å². The van der Waals surface area contributed by atoms with Crippen LogP contribution in [-0.4, -0.2) is 37.2 Å². The van der Waals surface area contributed by atoms with Crippen LogP contribution >= 0.6 is 11.3 Å². The van der Waals surface area contributed by atoms with Crippen molar-refractivity contribution in [1.82, 2.24) is 0 Å². The molecule has 94 valence electrons. The molecule has 0 aliphatic rings. The van der Waals surface area contributed by atoms with Crippen molar-refractivity contribution in [3.8, 4) is 0 Å². The third-order valence-electron chi connectivity index (χ3n) is 2.03. The molecule has 9 heteroatoms. The first-order valence-corrected chi connectivity index (χ1v) is 5.41. The molecule has 0 N–H and O–H groups in total. The lowest BCUT2D eigenvalue weighted by molar-refractivity contribution is -0.389. The minimum absolute atomic E-state index is 0.240. The maximum absolute atomic E-state index is 10.8. The fourth-order valence-electron chi connectivity index (χ4n) is 1.18. The van der Waals surface area contributed by atoms with Crippen molar-refractivity contribution >= 4 is 27.0 Å². The highest BCUT2D eigenvalue weighted by molar-refractivity contribution is 7.19. The summed E-state index contributed by atoms with van der Waals surface area (Å²) in [7, 11) is 3.14. The van der Waals surface area contributed by atoms with Crippen LogP contribution in [0.1, 0.15) is 0 Å². The van der Waals surface area contributed by atoms with E-state index in [4.69, 9.17) is 4.74 Å². The topological polar surface area (TPSA) is 98.8 Å². The molecular weight excluding hydrogens is 250 g/mol. The summed E-state index contributed by atoms with van der Waals surface area (Å²) in [6.07, 6.45) is 0. The standard InChI is InChI=1S/C8H11N3O5S/c1-9(3-4-16-2)8-6(10(12)13)5-7(17-8)11(14)15/h5H,3-4H2,1-2H3. The zero-order valence-corrected chi connectivity index (χ0v) is 10.1. The van der Waals surface area contributed by atoms with Crippen LogP contribution in [0.2, 0.25) is 0 Å².